The van der Waals surface area contributed by atoms with E-state index in [1.807, 2.05) is 23.5 Å². The number of nitrogens with zero attached hydrogens (tertiary/aromatic N) is 6. The molecule has 0 N–H and O–H groups in total. The molecule has 0 aliphatic rings. The molecular formula is C60H58N6S. The van der Waals surface area contributed by atoms with E-state index in [0.29, 0.717) is 0 Å². The van der Waals surface area contributed by atoms with Gasteiger partial charge in [-0.15, -0.1) is 11.3 Å². The summed E-state index contributed by atoms with van der Waals surface area (Å²) in [6.07, 6.45) is 3.83. The summed E-state index contributed by atoms with van der Waals surface area (Å²) in [5.41, 5.74) is 18.1. The second-order valence-electron chi connectivity index (χ2n) is 22.6. The second-order valence-corrected chi connectivity index (χ2v) is 23.6. The fourth-order valence-corrected chi connectivity index (χ4v) is 11.7. The fourth-order valence-electron chi connectivity index (χ4n) is 9.98. The molecule has 0 bridgehead atoms. The molecule has 334 valence electrons. The smallest absolute Gasteiger partial charge is 0.147 e. The highest BCUT2D eigenvalue weighted by atomic mass is 32.1. The monoisotopic (exact) mass is 894 g/mol. The number of fused-ring (bicyclic) bond motifs is 15. The average Bonchev–Trinajstić information content (AvgIpc) is 3.98. The Morgan fingerprint density at radius 3 is 1.22 bits per heavy atom. The maximum Gasteiger partial charge on any atom is 0.147 e. The zero-order valence-corrected chi connectivity index (χ0v) is 41.7. The molecule has 6 nitrogen and oxygen atoms in total. The normalized spacial score (nSPS) is 13.2. The molecule has 11 rings (SSSR count). The molecule has 0 radical (unpaired) electrons. The molecule has 0 fully saturated rings. The summed E-state index contributed by atoms with van der Waals surface area (Å²) in [5, 5.41) is 4.34. The standard InChI is InChI=1S/C60H58N6S/c1-15-33-19-17-21-35(27-33)43-31-41-37(23-25-47(61-41)59(9,10)11)55-63-51-45(65(43)55)29-39(57(3,4)5)53-49(51)50-52-46(30-40(54(50)67-53)58(6,7)8)66-44(36-22-18-20-34(16-2)28-36)32-42-38(56(66)64-52)24-26-48(62-42)60(12,13)14/h15-32H,1-2H2,3-14H3. The van der Waals surface area contributed by atoms with Crippen molar-refractivity contribution in [2.24, 2.45) is 0 Å². The van der Waals surface area contributed by atoms with E-state index in [-0.39, 0.29) is 21.7 Å². The minimum Gasteiger partial charge on any atom is -0.292 e. The molecule has 67 heavy (non-hydrogen) atoms. The van der Waals surface area contributed by atoms with E-state index in [9.17, 15) is 0 Å². The first-order valence-electron chi connectivity index (χ1n) is 23.5. The van der Waals surface area contributed by atoms with Crippen molar-refractivity contribution < 1.29 is 0 Å². The van der Waals surface area contributed by atoms with Gasteiger partial charge in [0, 0.05) is 53.2 Å². The number of hydrogen-bond acceptors (Lipinski definition) is 5. The van der Waals surface area contributed by atoms with Crippen molar-refractivity contribution >= 4 is 98.8 Å². The van der Waals surface area contributed by atoms with Crippen molar-refractivity contribution in [2.45, 2.75) is 105 Å². The first kappa shape index (κ1) is 42.9. The lowest BCUT2D eigenvalue weighted by Gasteiger charge is -2.21. The number of pyridine rings is 4. The van der Waals surface area contributed by atoms with E-state index in [2.05, 4.69) is 202 Å². The molecule has 7 heteroatoms. The lowest BCUT2D eigenvalue weighted by molar-refractivity contribution is 0.571. The molecule has 0 unspecified atom stereocenters. The molecule has 7 heterocycles. The molecule has 4 aromatic carbocycles. The van der Waals surface area contributed by atoms with Gasteiger partial charge in [-0.3, -0.25) is 18.8 Å². The van der Waals surface area contributed by atoms with Crippen molar-refractivity contribution in [3.05, 3.63) is 144 Å². The highest BCUT2D eigenvalue weighted by Gasteiger charge is 2.31. The van der Waals surface area contributed by atoms with Gasteiger partial charge in [-0.05, 0) is 105 Å². The summed E-state index contributed by atoms with van der Waals surface area (Å²) in [7, 11) is 0. The highest BCUT2D eigenvalue weighted by Crippen LogP contribution is 2.51. The molecule has 0 aliphatic carbocycles. The van der Waals surface area contributed by atoms with Crippen LogP contribution in [-0.4, -0.2) is 28.7 Å². The molecule has 0 spiro atoms. The maximum absolute atomic E-state index is 5.81. The summed E-state index contributed by atoms with van der Waals surface area (Å²) in [6, 6.07) is 35.4. The van der Waals surface area contributed by atoms with Crippen LogP contribution < -0.4 is 0 Å². The predicted molar refractivity (Wildman–Crippen MR) is 288 cm³/mol. The highest BCUT2D eigenvalue weighted by molar-refractivity contribution is 7.26. The SMILES string of the molecule is C=Cc1cccc(-c2cc3nc(C(C)(C)C)ccc3c3nc4c5c(sc6c(C(C)(C)C)cc7c(nc8c9ccc(C(C)(C)C)nc9cc(-c9cccc(C=C)c9)n78)c65)c(C(C)(C)C)cc4n23)c1. The molecule has 7 aromatic heterocycles. The van der Waals surface area contributed by atoms with E-state index in [1.165, 1.54) is 20.5 Å². The Morgan fingerprint density at radius 2 is 0.866 bits per heavy atom. The van der Waals surface area contributed by atoms with Crippen LogP contribution in [0.25, 0.3) is 110 Å². The van der Waals surface area contributed by atoms with Crippen molar-refractivity contribution in [3.8, 4) is 22.5 Å². The van der Waals surface area contributed by atoms with Gasteiger partial charge in [0.2, 0.25) is 0 Å². The van der Waals surface area contributed by atoms with Crippen molar-refractivity contribution in [2.75, 3.05) is 0 Å². The van der Waals surface area contributed by atoms with Crippen LogP contribution in [0.4, 0.5) is 0 Å². The predicted octanol–water partition coefficient (Wildman–Crippen LogP) is 16.6. The van der Waals surface area contributed by atoms with Gasteiger partial charge in [0.15, 0.2) is 0 Å². The summed E-state index contributed by atoms with van der Waals surface area (Å²) in [4.78, 5) is 22.3. The lowest BCUT2D eigenvalue weighted by Crippen LogP contribution is -2.13. The van der Waals surface area contributed by atoms with Crippen LogP contribution >= 0.6 is 11.3 Å². The topological polar surface area (TPSA) is 60.4 Å². The van der Waals surface area contributed by atoms with Gasteiger partial charge in [-0.25, -0.2) is 9.97 Å². The Morgan fingerprint density at radius 1 is 0.463 bits per heavy atom. The third-order valence-electron chi connectivity index (χ3n) is 13.6. The zero-order valence-electron chi connectivity index (χ0n) is 40.9. The van der Waals surface area contributed by atoms with Crippen LogP contribution in [0.3, 0.4) is 0 Å². The minimum atomic E-state index is -0.198. The van der Waals surface area contributed by atoms with Crippen molar-refractivity contribution in [1.29, 1.82) is 0 Å². The average molecular weight is 895 g/mol. The van der Waals surface area contributed by atoms with Gasteiger partial charge in [-0.1, -0.05) is 145 Å². The molecule has 11 aromatic rings. The molecular weight excluding hydrogens is 837 g/mol. The van der Waals surface area contributed by atoms with Crippen LogP contribution in [0.5, 0.6) is 0 Å². The van der Waals surface area contributed by atoms with Gasteiger partial charge in [0.1, 0.15) is 11.3 Å². The van der Waals surface area contributed by atoms with Gasteiger partial charge in [-0.2, -0.15) is 0 Å². The number of benzene rings is 4. The Bertz CT molecular complexity index is 3680. The Labute approximate surface area is 396 Å². The van der Waals surface area contributed by atoms with Gasteiger partial charge in [0.25, 0.3) is 0 Å². The largest absolute Gasteiger partial charge is 0.292 e. The number of imidazole rings is 2. The summed E-state index contributed by atoms with van der Waals surface area (Å²) >= 11 is 1.90. The number of hydrogen-bond donors (Lipinski definition) is 0. The zero-order chi connectivity index (χ0) is 47.3. The quantitative estimate of drug-likeness (QED) is 0.177. The molecule has 0 aliphatic heterocycles. The summed E-state index contributed by atoms with van der Waals surface area (Å²) < 4.78 is 7.28. The van der Waals surface area contributed by atoms with Crippen LogP contribution in [0.1, 0.15) is 117 Å². The van der Waals surface area contributed by atoms with E-state index in [0.717, 1.165) is 111 Å². The minimum absolute atomic E-state index is 0.123. The van der Waals surface area contributed by atoms with E-state index < -0.39 is 0 Å². The summed E-state index contributed by atoms with van der Waals surface area (Å²) in [6.45, 7) is 35.6. The first-order valence-corrected chi connectivity index (χ1v) is 24.3. The summed E-state index contributed by atoms with van der Waals surface area (Å²) in [5.74, 6) is 0. The third-order valence-corrected chi connectivity index (χ3v) is 14.9. The number of thiophene rings is 1. The van der Waals surface area contributed by atoms with Gasteiger partial charge in [0.05, 0.1) is 44.5 Å². The molecule has 0 atom stereocenters. The molecule has 0 saturated carbocycles. The maximum atomic E-state index is 5.81. The Hall–Kier alpha value is -6.70. The molecule has 0 saturated heterocycles. The van der Waals surface area contributed by atoms with Crippen LogP contribution in [0.15, 0.2) is 110 Å². The van der Waals surface area contributed by atoms with E-state index in [1.54, 1.807) is 0 Å². The van der Waals surface area contributed by atoms with Crippen LogP contribution in [0.2, 0.25) is 0 Å². The van der Waals surface area contributed by atoms with E-state index >= 15 is 0 Å². The number of rotatable bonds is 4. The van der Waals surface area contributed by atoms with Gasteiger partial charge >= 0.3 is 0 Å². The number of aromatic nitrogens is 6. The van der Waals surface area contributed by atoms with Crippen molar-refractivity contribution in [3.63, 3.8) is 0 Å². The van der Waals surface area contributed by atoms with Crippen LogP contribution in [-0.2, 0) is 21.7 Å². The van der Waals surface area contributed by atoms with E-state index in [4.69, 9.17) is 19.9 Å². The second kappa shape index (κ2) is 14.4. The fraction of sp³-hybridized carbons (Fsp3) is 0.267. The Balaban J connectivity index is 1.39. The first-order chi connectivity index (χ1) is 31.6. The van der Waals surface area contributed by atoms with Crippen LogP contribution in [0, 0.1) is 0 Å². The van der Waals surface area contributed by atoms with Gasteiger partial charge < -0.3 is 0 Å². The molecule has 0 amide bonds. The van der Waals surface area contributed by atoms with Crippen molar-refractivity contribution in [1.82, 2.24) is 28.7 Å². The Kier molecular flexibility index (Phi) is 9.22. The lowest BCUT2D eigenvalue weighted by atomic mass is 9.84. The third kappa shape index (κ3) is 6.64.